The van der Waals surface area contributed by atoms with Crippen molar-refractivity contribution in [2.75, 3.05) is 7.11 Å². The van der Waals surface area contributed by atoms with E-state index < -0.39 is 40.1 Å². The topological polar surface area (TPSA) is 89.7 Å². The van der Waals surface area contributed by atoms with Crippen molar-refractivity contribution in [2.24, 2.45) is 0 Å². The number of carboxylic acid groups (broad SMARTS) is 1. The van der Waals surface area contributed by atoms with E-state index in [1.165, 1.54) is 7.11 Å². The van der Waals surface area contributed by atoms with Crippen LogP contribution in [0.4, 0.5) is 0 Å². The van der Waals surface area contributed by atoms with Crippen molar-refractivity contribution in [1.29, 1.82) is 0 Å². The molecule has 1 rings (SSSR count). The molecular weight excluding hydrogens is 234 g/mol. The van der Waals surface area contributed by atoms with Gasteiger partial charge in [0.1, 0.15) is 4.75 Å². The van der Waals surface area contributed by atoms with Crippen LogP contribution in [0, 0.1) is 0 Å². The van der Waals surface area contributed by atoms with Gasteiger partial charge in [0, 0.05) is 11.4 Å². The van der Waals surface area contributed by atoms with Crippen LogP contribution in [0.15, 0.2) is 0 Å². The van der Waals surface area contributed by atoms with E-state index in [0.717, 1.165) is 4.31 Å². The zero-order valence-electron chi connectivity index (χ0n) is 9.59. The lowest BCUT2D eigenvalue weighted by molar-refractivity contribution is -0.143. The van der Waals surface area contributed by atoms with Gasteiger partial charge >= 0.3 is 11.9 Å². The Morgan fingerprint density at radius 3 is 2.19 bits per heavy atom. The molecule has 1 saturated heterocycles. The molecule has 6 nitrogen and oxygen atoms in total. The van der Waals surface area contributed by atoms with Crippen LogP contribution < -0.4 is 0 Å². The summed E-state index contributed by atoms with van der Waals surface area (Å²) in [5.74, 6) is -1.82. The second-order valence-corrected chi connectivity index (χ2v) is 6.62. The van der Waals surface area contributed by atoms with Gasteiger partial charge in [0.25, 0.3) is 0 Å². The quantitative estimate of drug-likeness (QED) is 0.422. The van der Waals surface area contributed by atoms with Gasteiger partial charge in [0.15, 0.2) is 12.1 Å². The molecule has 1 fully saturated rings. The standard InChI is InChI=1S/C9H15NO5S/c1-9(2,3)16(14)10-5(7(11)12)6(10)8(13)15-4/h5-6H,1-4H3,(H,11,12)/t5-,6+,10+,16+/m1/s1. The van der Waals surface area contributed by atoms with Crippen molar-refractivity contribution in [3.05, 3.63) is 0 Å². The van der Waals surface area contributed by atoms with E-state index in [1.807, 2.05) is 0 Å². The number of ether oxygens (including phenoxy) is 1. The Hall–Kier alpha value is -0.790. The van der Waals surface area contributed by atoms with Crippen LogP contribution in [0.5, 0.6) is 0 Å². The van der Waals surface area contributed by atoms with E-state index in [9.17, 15) is 14.1 Å². The van der Waals surface area contributed by atoms with Crippen molar-refractivity contribution >= 4 is 23.3 Å². The summed E-state index contributed by atoms with van der Waals surface area (Å²) in [7, 11) is 1.18. The lowest BCUT2D eigenvalue weighted by Crippen LogP contribution is -2.36. The van der Waals surface area contributed by atoms with E-state index >= 15 is 0 Å². The largest absolute Gasteiger partial charge is 0.597 e. The summed E-state index contributed by atoms with van der Waals surface area (Å²) in [6.45, 7) is 5.15. The molecule has 0 unspecified atom stereocenters. The molecule has 0 spiro atoms. The van der Waals surface area contributed by atoms with Crippen LogP contribution in [-0.4, -0.2) is 49.8 Å². The zero-order valence-corrected chi connectivity index (χ0v) is 10.4. The molecule has 7 heteroatoms. The SMILES string of the molecule is COC(=O)[C@@H]1[C@H](C(=O)O)[N@]1[S@@+]([O-])C(C)(C)C. The predicted octanol–water partition coefficient (Wildman–Crippen LogP) is -0.241. The van der Waals surface area contributed by atoms with Crippen LogP contribution >= 0.6 is 0 Å². The van der Waals surface area contributed by atoms with Gasteiger partial charge in [-0.05, 0) is 20.8 Å². The first-order valence-corrected chi connectivity index (χ1v) is 5.83. The molecule has 1 N–H and O–H groups in total. The Kier molecular flexibility index (Phi) is 3.51. The Bertz CT molecular complexity index is 314. The predicted molar refractivity (Wildman–Crippen MR) is 57.0 cm³/mol. The lowest BCUT2D eigenvalue weighted by atomic mass is 10.3. The van der Waals surface area contributed by atoms with Crippen LogP contribution in [0.2, 0.25) is 0 Å². The zero-order chi connectivity index (χ0) is 12.7. The maximum Gasteiger partial charge on any atom is 0.330 e. The van der Waals surface area contributed by atoms with Gasteiger partial charge in [-0.15, -0.1) is 0 Å². The van der Waals surface area contributed by atoms with E-state index in [2.05, 4.69) is 4.74 Å². The first-order valence-electron chi connectivity index (χ1n) is 4.72. The number of aliphatic carboxylic acids is 1. The Morgan fingerprint density at radius 1 is 1.38 bits per heavy atom. The summed E-state index contributed by atoms with van der Waals surface area (Å²) in [6, 6.07) is -1.96. The third-order valence-corrected chi connectivity index (χ3v) is 4.05. The molecule has 1 aliphatic heterocycles. The summed E-state index contributed by atoms with van der Waals surface area (Å²) < 4.78 is 17.0. The summed E-state index contributed by atoms with van der Waals surface area (Å²) in [4.78, 5) is 22.1. The molecule has 0 aromatic rings. The highest BCUT2D eigenvalue weighted by molar-refractivity contribution is 7.90. The van der Waals surface area contributed by atoms with Crippen molar-refractivity contribution in [1.82, 2.24) is 4.31 Å². The monoisotopic (exact) mass is 249 g/mol. The Balaban J connectivity index is 2.82. The van der Waals surface area contributed by atoms with Gasteiger partial charge in [-0.1, -0.05) is 4.31 Å². The number of hydrogen-bond acceptors (Lipinski definition) is 5. The summed E-state index contributed by atoms with van der Waals surface area (Å²) >= 11 is -1.53. The number of esters is 1. The molecule has 92 valence electrons. The summed E-state index contributed by atoms with van der Waals surface area (Å²) in [6.07, 6.45) is 0. The molecule has 0 saturated carbocycles. The normalized spacial score (nSPS) is 30.7. The van der Waals surface area contributed by atoms with Crippen LogP contribution in [0.1, 0.15) is 20.8 Å². The van der Waals surface area contributed by atoms with Crippen molar-refractivity contribution < 1.29 is 24.0 Å². The fourth-order valence-corrected chi connectivity index (χ4v) is 2.73. The molecule has 0 aliphatic carbocycles. The van der Waals surface area contributed by atoms with Crippen molar-refractivity contribution in [3.63, 3.8) is 0 Å². The highest BCUT2D eigenvalue weighted by Crippen LogP contribution is 2.38. The van der Waals surface area contributed by atoms with E-state index in [4.69, 9.17) is 5.11 Å². The molecule has 0 bridgehead atoms. The minimum Gasteiger partial charge on any atom is -0.597 e. The van der Waals surface area contributed by atoms with Crippen LogP contribution in [0.3, 0.4) is 0 Å². The number of rotatable bonds is 3. The van der Waals surface area contributed by atoms with Crippen molar-refractivity contribution in [3.8, 4) is 0 Å². The van der Waals surface area contributed by atoms with Crippen LogP contribution in [-0.2, 0) is 25.7 Å². The molecule has 0 radical (unpaired) electrons. The second-order valence-electron chi connectivity index (χ2n) is 4.47. The number of carbonyl (C=O) groups is 2. The third-order valence-electron chi connectivity index (χ3n) is 2.17. The third kappa shape index (κ3) is 2.31. The Morgan fingerprint density at radius 2 is 1.88 bits per heavy atom. The van der Waals surface area contributed by atoms with Gasteiger partial charge < -0.3 is 14.4 Å². The summed E-state index contributed by atoms with van der Waals surface area (Å²) in [5, 5.41) is 8.87. The molecule has 1 heterocycles. The maximum atomic E-state index is 11.9. The molecule has 0 amide bonds. The van der Waals surface area contributed by atoms with E-state index in [0.29, 0.717) is 0 Å². The van der Waals surface area contributed by atoms with Gasteiger partial charge in [-0.2, -0.15) is 0 Å². The van der Waals surface area contributed by atoms with Gasteiger partial charge in [-0.3, -0.25) is 9.59 Å². The molecule has 1 aliphatic rings. The first-order chi connectivity index (χ1) is 7.21. The highest BCUT2D eigenvalue weighted by Gasteiger charge is 2.67. The molecule has 16 heavy (non-hydrogen) atoms. The van der Waals surface area contributed by atoms with E-state index in [1.54, 1.807) is 20.8 Å². The molecule has 4 atom stereocenters. The Labute approximate surface area is 96.9 Å². The van der Waals surface area contributed by atoms with Crippen molar-refractivity contribution in [2.45, 2.75) is 37.6 Å². The minimum absolute atomic E-state index is 0.601. The highest BCUT2D eigenvalue weighted by atomic mass is 32.2. The van der Waals surface area contributed by atoms with Gasteiger partial charge in [0.05, 0.1) is 7.11 Å². The van der Waals surface area contributed by atoms with E-state index in [-0.39, 0.29) is 0 Å². The maximum absolute atomic E-state index is 11.9. The molecule has 0 aromatic carbocycles. The lowest BCUT2D eigenvalue weighted by Gasteiger charge is -2.24. The van der Waals surface area contributed by atoms with Crippen LogP contribution in [0.25, 0.3) is 0 Å². The molecule has 0 aromatic heterocycles. The molecular formula is C9H15NO5S. The number of carbonyl (C=O) groups excluding carboxylic acids is 1. The minimum atomic E-state index is -1.53. The second kappa shape index (κ2) is 4.23. The smallest absolute Gasteiger partial charge is 0.330 e. The summed E-state index contributed by atoms with van der Waals surface area (Å²) in [5.41, 5.74) is 0. The fourth-order valence-electron chi connectivity index (χ4n) is 1.33. The average Bonchev–Trinajstić information content (AvgIpc) is 2.88. The number of methoxy groups -OCH3 is 1. The fraction of sp³-hybridized carbons (Fsp3) is 0.778. The number of carboxylic acids is 1. The van der Waals surface area contributed by atoms with Gasteiger partial charge in [0.2, 0.25) is 0 Å². The number of nitrogens with zero attached hydrogens (tertiary/aromatic N) is 1. The number of hydrogen-bond donors (Lipinski definition) is 1. The van der Waals surface area contributed by atoms with Gasteiger partial charge in [-0.25, -0.2) is 0 Å². The average molecular weight is 249 g/mol. The first kappa shape index (κ1) is 13.3.